The quantitative estimate of drug-likeness (QED) is 0.719. The molecule has 1 amide bonds. The van der Waals surface area contributed by atoms with E-state index >= 15 is 0 Å². The normalized spacial score (nSPS) is 10.2. The molecule has 0 aliphatic carbocycles. The Kier molecular flexibility index (Phi) is 7.03. The first-order chi connectivity index (χ1) is 9.13. The molecule has 1 rings (SSSR count). The predicted molar refractivity (Wildman–Crippen MR) is 77.5 cm³/mol. The van der Waals surface area contributed by atoms with Gasteiger partial charge in [0.15, 0.2) is 0 Å². The average molecular weight is 281 g/mol. The van der Waals surface area contributed by atoms with Gasteiger partial charge in [-0.05, 0) is 36.8 Å². The van der Waals surface area contributed by atoms with Gasteiger partial charge in [0.25, 0.3) is 5.91 Å². The Morgan fingerprint density at radius 2 is 2.11 bits per heavy atom. The lowest BCUT2D eigenvalue weighted by atomic mass is 10.1. The second-order valence-corrected chi connectivity index (χ2v) is 5.11. The van der Waals surface area contributed by atoms with Crippen molar-refractivity contribution in [2.24, 2.45) is 0 Å². The summed E-state index contributed by atoms with van der Waals surface area (Å²) in [6.07, 6.45) is 3.44. The van der Waals surface area contributed by atoms with E-state index in [0.29, 0.717) is 24.9 Å². The number of aliphatic carboxylic acids is 1. The van der Waals surface area contributed by atoms with E-state index in [-0.39, 0.29) is 12.3 Å². The van der Waals surface area contributed by atoms with Crippen molar-refractivity contribution in [1.29, 1.82) is 0 Å². The highest BCUT2D eigenvalue weighted by atomic mass is 32.2. The number of carboxylic acids is 1. The number of hydrogen-bond acceptors (Lipinski definition) is 3. The lowest BCUT2D eigenvalue weighted by molar-refractivity contribution is -0.137. The Balaban J connectivity index is 2.36. The summed E-state index contributed by atoms with van der Waals surface area (Å²) < 4.78 is 0. The maximum atomic E-state index is 11.9. The van der Waals surface area contributed by atoms with E-state index < -0.39 is 5.97 Å². The Labute approximate surface area is 117 Å². The van der Waals surface area contributed by atoms with Crippen molar-refractivity contribution < 1.29 is 14.7 Å². The second-order valence-electron chi connectivity index (χ2n) is 4.24. The van der Waals surface area contributed by atoms with Crippen LogP contribution >= 0.6 is 11.8 Å². The minimum atomic E-state index is -0.795. The van der Waals surface area contributed by atoms with Crippen molar-refractivity contribution in [3.05, 3.63) is 35.4 Å². The van der Waals surface area contributed by atoms with Crippen LogP contribution < -0.4 is 5.32 Å². The van der Waals surface area contributed by atoms with Gasteiger partial charge < -0.3 is 10.4 Å². The van der Waals surface area contributed by atoms with Crippen LogP contribution in [0.25, 0.3) is 0 Å². The summed E-state index contributed by atoms with van der Waals surface area (Å²) in [5.41, 5.74) is 1.79. The van der Waals surface area contributed by atoms with Gasteiger partial charge in [-0.1, -0.05) is 12.1 Å². The van der Waals surface area contributed by atoms with Gasteiger partial charge in [-0.25, -0.2) is 0 Å². The number of thioether (sulfide) groups is 1. The van der Waals surface area contributed by atoms with Crippen molar-refractivity contribution in [1.82, 2.24) is 5.32 Å². The van der Waals surface area contributed by atoms with Crippen LogP contribution in [-0.2, 0) is 10.5 Å². The molecule has 0 spiro atoms. The summed E-state index contributed by atoms with van der Waals surface area (Å²) in [5, 5.41) is 11.3. The molecule has 19 heavy (non-hydrogen) atoms. The fourth-order valence-corrected chi connectivity index (χ4v) is 2.19. The van der Waals surface area contributed by atoms with Crippen LogP contribution in [0.2, 0.25) is 0 Å². The summed E-state index contributed by atoms with van der Waals surface area (Å²) in [5.74, 6) is -0.00548. The van der Waals surface area contributed by atoms with Crippen LogP contribution in [0.15, 0.2) is 24.3 Å². The predicted octanol–water partition coefficient (Wildman–Crippen LogP) is 2.53. The van der Waals surface area contributed by atoms with Crippen molar-refractivity contribution >= 4 is 23.6 Å². The van der Waals surface area contributed by atoms with E-state index in [1.165, 1.54) is 0 Å². The maximum Gasteiger partial charge on any atom is 0.303 e. The summed E-state index contributed by atoms with van der Waals surface area (Å²) in [7, 11) is 0. The van der Waals surface area contributed by atoms with Crippen molar-refractivity contribution in [2.75, 3.05) is 12.8 Å². The molecule has 0 saturated heterocycles. The molecule has 0 saturated carbocycles. The summed E-state index contributed by atoms with van der Waals surface area (Å²) >= 11 is 1.71. The number of unbranched alkanes of at least 4 members (excludes halogenated alkanes) is 1. The van der Waals surface area contributed by atoms with Crippen LogP contribution in [0.3, 0.4) is 0 Å². The first-order valence-electron chi connectivity index (χ1n) is 6.21. The van der Waals surface area contributed by atoms with Gasteiger partial charge >= 0.3 is 5.97 Å². The lowest BCUT2D eigenvalue weighted by Gasteiger charge is -2.06. The summed E-state index contributed by atoms with van der Waals surface area (Å²) in [4.78, 5) is 22.2. The van der Waals surface area contributed by atoms with Gasteiger partial charge in [0.1, 0.15) is 0 Å². The third-order valence-electron chi connectivity index (χ3n) is 2.60. The molecule has 0 unspecified atom stereocenters. The third kappa shape index (κ3) is 6.29. The largest absolute Gasteiger partial charge is 0.481 e. The summed E-state index contributed by atoms with van der Waals surface area (Å²) in [6.45, 7) is 0.513. The molecule has 0 radical (unpaired) electrons. The number of carbonyl (C=O) groups excluding carboxylic acids is 1. The SMILES string of the molecule is CSCc1cccc(C(=O)NCCCCC(=O)O)c1. The van der Waals surface area contributed by atoms with E-state index in [9.17, 15) is 9.59 Å². The van der Waals surface area contributed by atoms with E-state index in [0.717, 1.165) is 11.3 Å². The maximum absolute atomic E-state index is 11.9. The molecule has 1 aromatic carbocycles. The molecule has 4 nitrogen and oxygen atoms in total. The first kappa shape index (κ1) is 15.6. The minimum absolute atomic E-state index is 0.0988. The molecule has 2 N–H and O–H groups in total. The van der Waals surface area contributed by atoms with Gasteiger partial charge in [-0.2, -0.15) is 11.8 Å². The van der Waals surface area contributed by atoms with Crippen LogP contribution in [0.5, 0.6) is 0 Å². The van der Waals surface area contributed by atoms with E-state index in [1.807, 2.05) is 24.5 Å². The van der Waals surface area contributed by atoms with Crippen LogP contribution in [0, 0.1) is 0 Å². The van der Waals surface area contributed by atoms with Gasteiger partial charge in [0.05, 0.1) is 0 Å². The van der Waals surface area contributed by atoms with Crippen LogP contribution in [-0.4, -0.2) is 29.8 Å². The number of benzene rings is 1. The molecule has 5 heteroatoms. The average Bonchev–Trinajstić information content (AvgIpc) is 2.38. The van der Waals surface area contributed by atoms with E-state index in [1.54, 1.807) is 17.8 Å². The molecule has 0 aromatic heterocycles. The molecular weight excluding hydrogens is 262 g/mol. The molecular formula is C14H19NO3S. The highest BCUT2D eigenvalue weighted by molar-refractivity contribution is 7.97. The molecule has 0 atom stereocenters. The van der Waals surface area contributed by atoms with Gasteiger partial charge in [0.2, 0.25) is 0 Å². The zero-order chi connectivity index (χ0) is 14.1. The standard InChI is InChI=1S/C14H19NO3S/c1-19-10-11-5-4-6-12(9-11)14(18)15-8-3-2-7-13(16)17/h4-6,9H,2-3,7-8,10H2,1H3,(H,15,18)(H,16,17). The van der Waals surface area contributed by atoms with Crippen molar-refractivity contribution in [3.8, 4) is 0 Å². The zero-order valence-electron chi connectivity index (χ0n) is 11.0. The van der Waals surface area contributed by atoms with E-state index in [4.69, 9.17) is 5.11 Å². The van der Waals surface area contributed by atoms with Gasteiger partial charge in [-0.3, -0.25) is 9.59 Å². The Morgan fingerprint density at radius 1 is 1.32 bits per heavy atom. The number of rotatable bonds is 8. The highest BCUT2D eigenvalue weighted by Gasteiger charge is 2.05. The number of carbonyl (C=O) groups is 2. The second kappa shape index (κ2) is 8.58. The topological polar surface area (TPSA) is 66.4 Å². The highest BCUT2D eigenvalue weighted by Crippen LogP contribution is 2.11. The minimum Gasteiger partial charge on any atom is -0.481 e. The number of hydrogen-bond donors (Lipinski definition) is 2. The first-order valence-corrected chi connectivity index (χ1v) is 7.60. The Bertz CT molecular complexity index is 434. The molecule has 104 valence electrons. The van der Waals surface area contributed by atoms with Gasteiger partial charge in [0, 0.05) is 24.3 Å². The number of amides is 1. The smallest absolute Gasteiger partial charge is 0.303 e. The Morgan fingerprint density at radius 3 is 2.79 bits per heavy atom. The van der Waals surface area contributed by atoms with Crippen molar-refractivity contribution in [3.63, 3.8) is 0 Å². The fraction of sp³-hybridized carbons (Fsp3) is 0.429. The van der Waals surface area contributed by atoms with Crippen LogP contribution in [0.1, 0.15) is 35.2 Å². The fourth-order valence-electron chi connectivity index (χ4n) is 1.67. The Hall–Kier alpha value is -1.49. The molecule has 0 heterocycles. The zero-order valence-corrected chi connectivity index (χ0v) is 11.8. The van der Waals surface area contributed by atoms with Crippen LogP contribution in [0.4, 0.5) is 0 Å². The van der Waals surface area contributed by atoms with Crippen molar-refractivity contribution in [2.45, 2.75) is 25.0 Å². The molecule has 0 bridgehead atoms. The molecule has 0 fully saturated rings. The molecule has 0 aliphatic heterocycles. The third-order valence-corrected chi connectivity index (χ3v) is 3.23. The summed E-state index contributed by atoms with van der Waals surface area (Å²) in [6, 6.07) is 7.56. The number of nitrogens with one attached hydrogen (secondary N) is 1. The molecule has 0 aliphatic rings. The van der Waals surface area contributed by atoms with E-state index in [2.05, 4.69) is 5.32 Å². The lowest BCUT2D eigenvalue weighted by Crippen LogP contribution is -2.24. The monoisotopic (exact) mass is 281 g/mol. The number of carboxylic acid groups (broad SMARTS) is 1. The van der Waals surface area contributed by atoms with Gasteiger partial charge in [-0.15, -0.1) is 0 Å². The molecule has 1 aromatic rings.